The maximum absolute atomic E-state index is 13.1. The Morgan fingerprint density at radius 3 is 2.78 bits per heavy atom. The normalized spacial score (nSPS) is 15.1. The van der Waals surface area contributed by atoms with Crippen molar-refractivity contribution in [2.24, 2.45) is 7.05 Å². The van der Waals surface area contributed by atoms with Gasteiger partial charge in [-0.1, -0.05) is 11.6 Å². The third kappa shape index (κ3) is 1.77. The van der Waals surface area contributed by atoms with Gasteiger partial charge in [0.15, 0.2) is 0 Å². The zero-order chi connectivity index (χ0) is 12.9. The molecule has 0 atom stereocenters. The van der Waals surface area contributed by atoms with Crippen molar-refractivity contribution in [3.63, 3.8) is 0 Å². The van der Waals surface area contributed by atoms with Crippen LogP contribution in [0.15, 0.2) is 18.2 Å². The number of imidazole rings is 1. The Balaban J connectivity index is 2.10. The molecule has 1 fully saturated rings. The van der Waals surface area contributed by atoms with Crippen LogP contribution in [-0.2, 0) is 7.05 Å². The molecule has 3 rings (SSSR count). The molecule has 2 aromatic rings. The van der Waals surface area contributed by atoms with Crippen LogP contribution in [0, 0.1) is 5.82 Å². The Bertz CT molecular complexity index is 617. The van der Waals surface area contributed by atoms with E-state index in [-0.39, 0.29) is 5.02 Å². The lowest BCUT2D eigenvalue weighted by molar-refractivity contribution is 0.628. The Labute approximate surface area is 109 Å². The van der Waals surface area contributed by atoms with Crippen LogP contribution in [0.3, 0.4) is 0 Å². The van der Waals surface area contributed by atoms with E-state index in [9.17, 15) is 4.39 Å². The highest BCUT2D eigenvalue weighted by Gasteiger charge is 2.29. The first-order chi connectivity index (χ1) is 8.58. The monoisotopic (exact) mass is 265 g/mol. The molecular weight excluding hydrogens is 253 g/mol. The highest BCUT2D eigenvalue weighted by Crippen LogP contribution is 2.41. The lowest BCUT2D eigenvalue weighted by Crippen LogP contribution is -2.00. The summed E-state index contributed by atoms with van der Waals surface area (Å²) in [5.41, 5.74) is 7.49. The minimum Gasteiger partial charge on any atom is -0.383 e. The second kappa shape index (κ2) is 3.99. The number of halogens is 2. The Morgan fingerprint density at radius 1 is 1.44 bits per heavy atom. The predicted octanol–water partition coefficient (Wildman–Crippen LogP) is 3.34. The number of aromatic nitrogens is 2. The van der Waals surface area contributed by atoms with E-state index >= 15 is 0 Å². The minimum absolute atomic E-state index is 0.0884. The van der Waals surface area contributed by atoms with Crippen molar-refractivity contribution in [1.29, 1.82) is 0 Å². The SMILES string of the molecule is Cn1c(C2CC2)nc(-c2ccc(F)c(Cl)c2)c1N. The quantitative estimate of drug-likeness (QED) is 0.905. The number of nitrogens with two attached hydrogens (primary N) is 1. The summed E-state index contributed by atoms with van der Waals surface area (Å²) in [7, 11) is 1.91. The lowest BCUT2D eigenvalue weighted by atomic mass is 10.1. The topological polar surface area (TPSA) is 43.8 Å². The second-order valence-corrected chi connectivity index (χ2v) is 5.07. The van der Waals surface area contributed by atoms with Crippen molar-refractivity contribution in [3.05, 3.63) is 34.9 Å². The Hall–Kier alpha value is -1.55. The third-order valence-electron chi connectivity index (χ3n) is 3.31. The molecule has 2 N–H and O–H groups in total. The molecule has 0 bridgehead atoms. The zero-order valence-corrected chi connectivity index (χ0v) is 10.7. The summed E-state index contributed by atoms with van der Waals surface area (Å²) in [6.07, 6.45) is 2.32. The molecule has 0 spiro atoms. The van der Waals surface area contributed by atoms with Gasteiger partial charge in [-0.05, 0) is 31.0 Å². The summed E-state index contributed by atoms with van der Waals surface area (Å²) >= 11 is 5.79. The van der Waals surface area contributed by atoms with E-state index in [0.29, 0.717) is 17.4 Å². The number of anilines is 1. The standard InChI is InChI=1S/C13H13ClFN3/c1-18-12(16)11(17-13(18)7-2-3-7)8-4-5-10(15)9(14)6-8/h4-7H,2-3,16H2,1H3. The molecule has 3 nitrogen and oxygen atoms in total. The van der Waals surface area contributed by atoms with Gasteiger partial charge in [0, 0.05) is 18.5 Å². The molecule has 1 heterocycles. The number of rotatable bonds is 2. The van der Waals surface area contributed by atoms with Crippen molar-refractivity contribution in [2.45, 2.75) is 18.8 Å². The fourth-order valence-electron chi connectivity index (χ4n) is 2.09. The lowest BCUT2D eigenvalue weighted by Gasteiger charge is -2.02. The molecule has 0 aliphatic heterocycles. The van der Waals surface area contributed by atoms with Gasteiger partial charge in [0.1, 0.15) is 23.2 Å². The van der Waals surface area contributed by atoms with Crippen LogP contribution in [-0.4, -0.2) is 9.55 Å². The average molecular weight is 266 g/mol. The van der Waals surface area contributed by atoms with E-state index in [1.807, 2.05) is 11.6 Å². The number of nitrogens with zero attached hydrogens (tertiary/aromatic N) is 2. The molecule has 1 aliphatic carbocycles. The summed E-state index contributed by atoms with van der Waals surface area (Å²) in [4.78, 5) is 4.57. The molecule has 5 heteroatoms. The van der Waals surface area contributed by atoms with Gasteiger partial charge in [0.2, 0.25) is 0 Å². The van der Waals surface area contributed by atoms with Crippen molar-refractivity contribution < 1.29 is 4.39 Å². The van der Waals surface area contributed by atoms with E-state index in [1.165, 1.54) is 6.07 Å². The van der Waals surface area contributed by atoms with Gasteiger partial charge in [-0.3, -0.25) is 0 Å². The van der Waals surface area contributed by atoms with Crippen LogP contribution in [0.4, 0.5) is 10.2 Å². The van der Waals surface area contributed by atoms with Crippen molar-refractivity contribution in [3.8, 4) is 11.3 Å². The van der Waals surface area contributed by atoms with Crippen LogP contribution >= 0.6 is 11.6 Å². The highest BCUT2D eigenvalue weighted by molar-refractivity contribution is 6.31. The fourth-order valence-corrected chi connectivity index (χ4v) is 2.27. The highest BCUT2D eigenvalue weighted by atomic mass is 35.5. The molecule has 18 heavy (non-hydrogen) atoms. The van der Waals surface area contributed by atoms with Gasteiger partial charge >= 0.3 is 0 Å². The Morgan fingerprint density at radius 2 is 2.17 bits per heavy atom. The fraction of sp³-hybridized carbons (Fsp3) is 0.308. The average Bonchev–Trinajstić information content (AvgIpc) is 3.13. The number of benzene rings is 1. The molecule has 0 unspecified atom stereocenters. The van der Waals surface area contributed by atoms with Crippen LogP contribution < -0.4 is 5.73 Å². The van der Waals surface area contributed by atoms with Crippen LogP contribution in [0.2, 0.25) is 5.02 Å². The first kappa shape index (κ1) is 11.5. The van der Waals surface area contributed by atoms with Crippen LogP contribution in [0.5, 0.6) is 0 Å². The molecule has 0 amide bonds. The molecule has 1 aliphatic rings. The van der Waals surface area contributed by atoms with Gasteiger partial charge < -0.3 is 10.3 Å². The van der Waals surface area contributed by atoms with E-state index in [0.717, 1.165) is 24.2 Å². The number of hydrogen-bond donors (Lipinski definition) is 1. The second-order valence-electron chi connectivity index (χ2n) is 4.67. The van der Waals surface area contributed by atoms with Crippen molar-refractivity contribution in [1.82, 2.24) is 9.55 Å². The summed E-state index contributed by atoms with van der Waals surface area (Å²) in [6, 6.07) is 4.55. The molecule has 1 saturated carbocycles. The van der Waals surface area contributed by atoms with E-state index < -0.39 is 5.82 Å². The molecule has 0 radical (unpaired) electrons. The molecule has 1 aromatic heterocycles. The zero-order valence-electron chi connectivity index (χ0n) is 9.95. The smallest absolute Gasteiger partial charge is 0.141 e. The van der Waals surface area contributed by atoms with Gasteiger partial charge in [-0.2, -0.15) is 0 Å². The predicted molar refractivity (Wildman–Crippen MR) is 70.0 cm³/mol. The van der Waals surface area contributed by atoms with Gasteiger partial charge in [-0.15, -0.1) is 0 Å². The van der Waals surface area contributed by atoms with Crippen LogP contribution in [0.1, 0.15) is 24.6 Å². The minimum atomic E-state index is -0.433. The first-order valence-electron chi connectivity index (χ1n) is 5.85. The van der Waals surface area contributed by atoms with Gasteiger partial charge in [0.25, 0.3) is 0 Å². The number of hydrogen-bond acceptors (Lipinski definition) is 2. The van der Waals surface area contributed by atoms with Crippen molar-refractivity contribution in [2.75, 3.05) is 5.73 Å². The summed E-state index contributed by atoms with van der Waals surface area (Å²) in [5.74, 6) is 1.68. The van der Waals surface area contributed by atoms with Crippen molar-refractivity contribution >= 4 is 17.4 Å². The summed E-state index contributed by atoms with van der Waals surface area (Å²) in [6.45, 7) is 0. The third-order valence-corrected chi connectivity index (χ3v) is 3.60. The molecule has 0 saturated heterocycles. The van der Waals surface area contributed by atoms with Crippen LogP contribution in [0.25, 0.3) is 11.3 Å². The maximum atomic E-state index is 13.1. The summed E-state index contributed by atoms with van der Waals surface area (Å²) in [5, 5.41) is 0.0884. The molecular formula is C13H13ClFN3. The molecule has 94 valence electrons. The largest absolute Gasteiger partial charge is 0.383 e. The van der Waals surface area contributed by atoms with Gasteiger partial charge in [0.05, 0.1) is 5.02 Å². The van der Waals surface area contributed by atoms with E-state index in [1.54, 1.807) is 12.1 Å². The first-order valence-corrected chi connectivity index (χ1v) is 6.23. The Kier molecular flexibility index (Phi) is 2.55. The number of nitrogen functional groups attached to an aromatic ring is 1. The maximum Gasteiger partial charge on any atom is 0.141 e. The van der Waals surface area contributed by atoms with Gasteiger partial charge in [-0.25, -0.2) is 9.37 Å². The summed E-state index contributed by atoms with van der Waals surface area (Å²) < 4.78 is 15.1. The van der Waals surface area contributed by atoms with E-state index in [2.05, 4.69) is 4.98 Å². The van der Waals surface area contributed by atoms with E-state index in [4.69, 9.17) is 17.3 Å². The molecule has 1 aromatic carbocycles.